The Morgan fingerprint density at radius 3 is 2.73 bits per heavy atom. The minimum atomic E-state index is -0.511. The highest BCUT2D eigenvalue weighted by Crippen LogP contribution is 2.44. The molecular weight excluding hydrogens is 332 g/mol. The summed E-state index contributed by atoms with van der Waals surface area (Å²) in [5.41, 5.74) is 1.44. The molecule has 2 aliphatic rings. The number of nitrogens with one attached hydrogen (secondary N) is 2. The van der Waals surface area contributed by atoms with Gasteiger partial charge in [0.25, 0.3) is 0 Å². The van der Waals surface area contributed by atoms with Gasteiger partial charge < -0.3 is 15.5 Å². The number of likely N-dealkylation sites (tertiary alicyclic amines) is 1. The molecule has 1 spiro atoms. The van der Waals surface area contributed by atoms with E-state index >= 15 is 0 Å². The fraction of sp³-hybridized carbons (Fsp3) is 0.444. The number of hydrogen-bond donors (Lipinski definition) is 2. The van der Waals surface area contributed by atoms with Crippen molar-refractivity contribution < 1.29 is 9.59 Å². The Balaban J connectivity index is 1.43. The van der Waals surface area contributed by atoms with E-state index in [2.05, 4.69) is 20.7 Å². The molecule has 1 atom stereocenters. The lowest BCUT2D eigenvalue weighted by atomic mass is 9.74. The van der Waals surface area contributed by atoms with Gasteiger partial charge in [-0.2, -0.15) is 5.10 Å². The second-order valence-corrected chi connectivity index (χ2v) is 6.98. The molecule has 0 radical (unpaired) electrons. The van der Waals surface area contributed by atoms with Crippen LogP contribution in [0.2, 0.25) is 0 Å². The van der Waals surface area contributed by atoms with E-state index in [4.69, 9.17) is 0 Å². The van der Waals surface area contributed by atoms with Crippen LogP contribution in [0.3, 0.4) is 0 Å². The molecule has 0 aliphatic carbocycles. The molecule has 136 valence electrons. The molecule has 3 heterocycles. The number of para-hydroxylation sites is 1. The van der Waals surface area contributed by atoms with E-state index in [1.165, 1.54) is 6.33 Å². The van der Waals surface area contributed by atoms with Crippen LogP contribution in [0.4, 0.5) is 10.5 Å². The Kier molecular flexibility index (Phi) is 3.90. The van der Waals surface area contributed by atoms with Gasteiger partial charge in [-0.15, -0.1) is 0 Å². The van der Waals surface area contributed by atoms with E-state index in [9.17, 15) is 9.59 Å². The molecule has 1 fully saturated rings. The molecule has 0 bridgehead atoms. The molecule has 1 saturated heterocycles. The van der Waals surface area contributed by atoms with Gasteiger partial charge in [0.2, 0.25) is 5.91 Å². The Hall–Kier alpha value is -2.90. The van der Waals surface area contributed by atoms with Crippen molar-refractivity contribution in [1.82, 2.24) is 25.0 Å². The summed E-state index contributed by atoms with van der Waals surface area (Å²) in [6.07, 6.45) is 2.72. The number of carbonyl (C=O) groups excluding carboxylic acids is 2. The quantitative estimate of drug-likeness (QED) is 0.856. The summed E-state index contributed by atoms with van der Waals surface area (Å²) in [5, 5.41) is 9.98. The number of amides is 3. The minimum Gasteiger partial charge on any atom is -0.328 e. The van der Waals surface area contributed by atoms with Gasteiger partial charge in [0.1, 0.15) is 12.2 Å². The highest BCUT2D eigenvalue weighted by Gasteiger charge is 2.48. The molecule has 0 saturated carbocycles. The number of benzene rings is 1. The van der Waals surface area contributed by atoms with Gasteiger partial charge in [0, 0.05) is 25.8 Å². The summed E-state index contributed by atoms with van der Waals surface area (Å²) < 4.78 is 1.65. The Labute approximate surface area is 151 Å². The zero-order chi connectivity index (χ0) is 18.3. The van der Waals surface area contributed by atoms with Crippen molar-refractivity contribution in [3.63, 3.8) is 0 Å². The van der Waals surface area contributed by atoms with Gasteiger partial charge in [-0.25, -0.2) is 9.78 Å². The number of fused-ring (bicyclic) bond motifs is 2. The Morgan fingerprint density at radius 1 is 1.31 bits per heavy atom. The van der Waals surface area contributed by atoms with E-state index in [1.54, 1.807) is 16.6 Å². The number of piperidine rings is 1. The number of anilines is 1. The summed E-state index contributed by atoms with van der Waals surface area (Å²) in [6, 6.07) is 7.46. The third kappa shape index (κ3) is 2.53. The highest BCUT2D eigenvalue weighted by molar-refractivity contribution is 6.06. The lowest BCUT2D eigenvalue weighted by molar-refractivity contribution is -0.122. The largest absolute Gasteiger partial charge is 0.328 e. The number of aryl methyl sites for hydroxylation is 1. The summed E-state index contributed by atoms with van der Waals surface area (Å²) in [5.74, 6) is 0.752. The highest BCUT2D eigenvalue weighted by atomic mass is 16.2. The molecule has 2 N–H and O–H groups in total. The van der Waals surface area contributed by atoms with Gasteiger partial charge in [-0.3, -0.25) is 9.48 Å². The van der Waals surface area contributed by atoms with Crippen LogP contribution in [-0.2, 0) is 17.3 Å². The number of hydrogen-bond acceptors (Lipinski definition) is 4. The fourth-order valence-corrected chi connectivity index (χ4v) is 4.00. The fourth-order valence-electron chi connectivity index (χ4n) is 4.00. The lowest BCUT2D eigenvalue weighted by Gasteiger charge is -2.38. The van der Waals surface area contributed by atoms with Gasteiger partial charge >= 0.3 is 6.03 Å². The molecule has 1 aromatic carbocycles. The zero-order valence-electron chi connectivity index (χ0n) is 14.9. The third-order valence-electron chi connectivity index (χ3n) is 5.50. The van der Waals surface area contributed by atoms with E-state index < -0.39 is 5.41 Å². The normalized spacial score (nSPS) is 19.2. The third-order valence-corrected chi connectivity index (χ3v) is 5.50. The maximum absolute atomic E-state index is 12.6. The van der Waals surface area contributed by atoms with Crippen LogP contribution in [0.25, 0.3) is 0 Å². The van der Waals surface area contributed by atoms with Crippen LogP contribution in [0.1, 0.15) is 37.2 Å². The summed E-state index contributed by atoms with van der Waals surface area (Å²) in [4.78, 5) is 31.2. The Morgan fingerprint density at radius 2 is 2.04 bits per heavy atom. The van der Waals surface area contributed by atoms with Crippen LogP contribution in [0.15, 0.2) is 30.6 Å². The summed E-state index contributed by atoms with van der Waals surface area (Å²) >= 11 is 0. The first-order valence-electron chi connectivity index (χ1n) is 8.81. The van der Waals surface area contributed by atoms with Crippen LogP contribution in [-0.4, -0.2) is 44.7 Å². The smallest absolute Gasteiger partial charge is 0.317 e. The molecule has 1 aromatic heterocycles. The van der Waals surface area contributed by atoms with Gasteiger partial charge in [0.15, 0.2) is 0 Å². The van der Waals surface area contributed by atoms with Crippen molar-refractivity contribution in [3.8, 4) is 0 Å². The van der Waals surface area contributed by atoms with Crippen LogP contribution in [0.5, 0.6) is 0 Å². The molecule has 2 aromatic rings. The second kappa shape index (κ2) is 6.12. The average Bonchev–Trinajstić information content (AvgIpc) is 3.18. The first kappa shape index (κ1) is 16.6. The molecular formula is C18H22N6O2. The van der Waals surface area contributed by atoms with Gasteiger partial charge in [-0.05, 0) is 31.4 Å². The number of aromatic nitrogens is 3. The van der Waals surface area contributed by atoms with Crippen LogP contribution >= 0.6 is 0 Å². The van der Waals surface area contributed by atoms with E-state index in [-0.39, 0.29) is 18.0 Å². The monoisotopic (exact) mass is 354 g/mol. The van der Waals surface area contributed by atoms with Crippen molar-refractivity contribution in [1.29, 1.82) is 0 Å². The lowest BCUT2D eigenvalue weighted by Crippen LogP contribution is -2.51. The topological polar surface area (TPSA) is 92.2 Å². The number of carbonyl (C=O) groups is 2. The second-order valence-electron chi connectivity index (χ2n) is 6.98. The molecule has 3 amide bonds. The summed E-state index contributed by atoms with van der Waals surface area (Å²) in [7, 11) is 1.80. The van der Waals surface area contributed by atoms with Gasteiger partial charge in [-0.1, -0.05) is 18.2 Å². The molecule has 26 heavy (non-hydrogen) atoms. The number of nitrogens with zero attached hydrogens (tertiary/aromatic N) is 4. The molecule has 8 nitrogen and oxygen atoms in total. The maximum Gasteiger partial charge on any atom is 0.317 e. The maximum atomic E-state index is 12.6. The first-order valence-corrected chi connectivity index (χ1v) is 8.81. The van der Waals surface area contributed by atoms with Crippen LogP contribution < -0.4 is 10.6 Å². The zero-order valence-corrected chi connectivity index (χ0v) is 14.9. The first-order chi connectivity index (χ1) is 12.5. The van der Waals surface area contributed by atoms with E-state index in [1.807, 2.05) is 31.2 Å². The van der Waals surface area contributed by atoms with Crippen molar-refractivity contribution in [2.75, 3.05) is 18.4 Å². The van der Waals surface area contributed by atoms with Crippen molar-refractivity contribution in [2.45, 2.75) is 31.2 Å². The predicted octanol–water partition coefficient (Wildman–Crippen LogP) is 1.57. The minimum absolute atomic E-state index is 0.0474. The predicted molar refractivity (Wildman–Crippen MR) is 95.5 cm³/mol. The molecule has 4 rings (SSSR count). The van der Waals surface area contributed by atoms with Crippen molar-refractivity contribution in [3.05, 3.63) is 42.0 Å². The standard InChI is InChI=1S/C18H22N6O2/c1-12(15-19-11-20-23(15)2)21-17(26)24-9-7-18(8-10-24)13-5-3-4-6-14(13)22-16(18)25/h3-6,11-12H,7-10H2,1-2H3,(H,21,26)(H,22,25)/t12-/m0/s1. The molecule has 8 heteroatoms. The van der Waals surface area contributed by atoms with Crippen molar-refractivity contribution in [2.24, 2.45) is 7.05 Å². The molecule has 2 aliphatic heterocycles. The Bertz CT molecular complexity index is 853. The summed E-state index contributed by atoms with van der Waals surface area (Å²) in [6.45, 7) is 2.96. The van der Waals surface area contributed by atoms with Crippen LogP contribution in [0, 0.1) is 0 Å². The average molecular weight is 354 g/mol. The molecule has 0 unspecified atom stereocenters. The van der Waals surface area contributed by atoms with E-state index in [0.717, 1.165) is 11.3 Å². The number of rotatable bonds is 2. The number of urea groups is 1. The SMILES string of the molecule is C[C@H](NC(=O)N1CCC2(CC1)C(=O)Nc1ccccc12)c1ncnn1C. The van der Waals surface area contributed by atoms with Gasteiger partial charge in [0.05, 0.1) is 11.5 Å². The van der Waals surface area contributed by atoms with E-state index in [0.29, 0.717) is 31.8 Å². The van der Waals surface area contributed by atoms with Crippen molar-refractivity contribution >= 4 is 17.6 Å².